The fourth-order valence-electron chi connectivity index (χ4n) is 2.08. The van der Waals surface area contributed by atoms with Crippen LogP contribution in [0.2, 0.25) is 0 Å². The number of amides is 1. The molecule has 0 aliphatic carbocycles. The number of nitrogens with two attached hydrogens (primary N) is 1. The van der Waals surface area contributed by atoms with Gasteiger partial charge in [0, 0.05) is 33.5 Å². The van der Waals surface area contributed by atoms with Gasteiger partial charge in [-0.2, -0.15) is 0 Å². The van der Waals surface area contributed by atoms with Crippen molar-refractivity contribution < 1.29 is 4.79 Å². The van der Waals surface area contributed by atoms with Gasteiger partial charge in [-0.15, -0.1) is 11.3 Å². The number of pyridine rings is 1. The van der Waals surface area contributed by atoms with E-state index in [1.807, 2.05) is 13.8 Å². The van der Waals surface area contributed by atoms with E-state index < -0.39 is 0 Å². The molecule has 5 heteroatoms. The molecule has 1 atom stereocenters. The zero-order valence-electron chi connectivity index (χ0n) is 11.9. The summed E-state index contributed by atoms with van der Waals surface area (Å²) in [5.74, 6) is 0.264. The number of nitrogen functional groups attached to an aromatic ring is 1. The maximum atomic E-state index is 12.2. The molecule has 0 radical (unpaired) electrons. The zero-order valence-corrected chi connectivity index (χ0v) is 12.8. The molecular formula is C15H19N3OS. The van der Waals surface area contributed by atoms with Crippen molar-refractivity contribution in [1.82, 2.24) is 10.3 Å². The molecule has 20 heavy (non-hydrogen) atoms. The molecule has 3 N–H and O–H groups in total. The number of nitrogens with one attached hydrogen (secondary N) is 1. The topological polar surface area (TPSA) is 68.0 Å². The van der Waals surface area contributed by atoms with Gasteiger partial charge in [0.25, 0.3) is 5.91 Å². The number of aromatic nitrogens is 1. The average molecular weight is 289 g/mol. The monoisotopic (exact) mass is 289 g/mol. The summed E-state index contributed by atoms with van der Waals surface area (Å²) in [5, 5.41) is 2.99. The first kappa shape index (κ1) is 14.5. The van der Waals surface area contributed by atoms with Crippen molar-refractivity contribution in [2.75, 3.05) is 5.73 Å². The lowest BCUT2D eigenvalue weighted by Crippen LogP contribution is -2.34. The van der Waals surface area contributed by atoms with Crippen LogP contribution in [-0.2, 0) is 6.42 Å². The summed E-state index contributed by atoms with van der Waals surface area (Å²) in [6.45, 7) is 5.91. The van der Waals surface area contributed by atoms with Crippen LogP contribution in [0.5, 0.6) is 0 Å². The minimum atomic E-state index is -0.108. The van der Waals surface area contributed by atoms with Gasteiger partial charge in [0.1, 0.15) is 5.82 Å². The largest absolute Gasteiger partial charge is 0.384 e. The SMILES string of the molecule is Cc1cc(C(=O)NC(C)Cc2ccc(C)s2)cc(N)n1. The van der Waals surface area contributed by atoms with Gasteiger partial charge in [-0.1, -0.05) is 0 Å². The Labute approximate surface area is 123 Å². The molecule has 0 bridgehead atoms. The van der Waals surface area contributed by atoms with Crippen LogP contribution in [0.3, 0.4) is 0 Å². The van der Waals surface area contributed by atoms with Gasteiger partial charge in [0.15, 0.2) is 0 Å². The maximum absolute atomic E-state index is 12.2. The number of rotatable bonds is 4. The third-order valence-corrected chi connectivity index (χ3v) is 3.94. The van der Waals surface area contributed by atoms with E-state index in [2.05, 4.69) is 29.4 Å². The van der Waals surface area contributed by atoms with Crippen molar-refractivity contribution in [2.45, 2.75) is 33.2 Å². The average Bonchev–Trinajstić information content (AvgIpc) is 2.73. The summed E-state index contributed by atoms with van der Waals surface area (Å²) in [4.78, 5) is 18.8. The van der Waals surface area contributed by atoms with E-state index in [-0.39, 0.29) is 11.9 Å². The second-order valence-electron chi connectivity index (χ2n) is 5.01. The van der Waals surface area contributed by atoms with Crippen LogP contribution in [0, 0.1) is 13.8 Å². The minimum Gasteiger partial charge on any atom is -0.384 e. The highest BCUT2D eigenvalue weighted by molar-refractivity contribution is 7.11. The van der Waals surface area contributed by atoms with Crippen LogP contribution < -0.4 is 11.1 Å². The molecule has 0 spiro atoms. The molecule has 2 rings (SSSR count). The minimum absolute atomic E-state index is 0.0789. The normalized spacial score (nSPS) is 12.2. The Morgan fingerprint density at radius 3 is 2.75 bits per heavy atom. The van der Waals surface area contributed by atoms with Crippen molar-refractivity contribution in [2.24, 2.45) is 0 Å². The first-order chi connectivity index (χ1) is 9.44. The van der Waals surface area contributed by atoms with E-state index in [0.717, 1.165) is 12.1 Å². The highest BCUT2D eigenvalue weighted by Crippen LogP contribution is 2.17. The summed E-state index contributed by atoms with van der Waals surface area (Å²) >= 11 is 1.76. The van der Waals surface area contributed by atoms with Crippen molar-refractivity contribution in [3.05, 3.63) is 45.3 Å². The van der Waals surface area contributed by atoms with E-state index in [1.165, 1.54) is 9.75 Å². The van der Waals surface area contributed by atoms with Crippen LogP contribution in [0.25, 0.3) is 0 Å². The van der Waals surface area contributed by atoms with Gasteiger partial charge in [-0.25, -0.2) is 4.98 Å². The summed E-state index contributed by atoms with van der Waals surface area (Å²) in [5.41, 5.74) is 6.97. The van der Waals surface area contributed by atoms with Gasteiger partial charge in [-0.3, -0.25) is 4.79 Å². The highest BCUT2D eigenvalue weighted by atomic mass is 32.1. The second-order valence-corrected chi connectivity index (χ2v) is 6.39. The van der Waals surface area contributed by atoms with E-state index in [4.69, 9.17) is 5.73 Å². The van der Waals surface area contributed by atoms with E-state index in [0.29, 0.717) is 11.4 Å². The van der Waals surface area contributed by atoms with E-state index in [1.54, 1.807) is 23.5 Å². The lowest BCUT2D eigenvalue weighted by Gasteiger charge is -2.13. The number of nitrogens with zero attached hydrogens (tertiary/aromatic N) is 1. The van der Waals surface area contributed by atoms with Crippen LogP contribution >= 0.6 is 11.3 Å². The molecular weight excluding hydrogens is 270 g/mol. The standard InChI is InChI=1S/C15H19N3OS/c1-9-6-12(8-14(16)17-9)15(19)18-10(2)7-13-5-4-11(3)20-13/h4-6,8,10H,7H2,1-3H3,(H2,16,17)(H,18,19). The number of carbonyl (C=O) groups excluding carboxylic acids is 1. The van der Waals surface area contributed by atoms with Crippen LogP contribution in [0.1, 0.15) is 32.7 Å². The molecule has 0 aromatic carbocycles. The smallest absolute Gasteiger partial charge is 0.251 e. The highest BCUT2D eigenvalue weighted by Gasteiger charge is 2.12. The quantitative estimate of drug-likeness (QED) is 0.909. The fourth-order valence-corrected chi connectivity index (χ4v) is 3.10. The summed E-state index contributed by atoms with van der Waals surface area (Å²) in [6, 6.07) is 7.63. The van der Waals surface area contributed by atoms with E-state index in [9.17, 15) is 4.79 Å². The number of hydrogen-bond donors (Lipinski definition) is 2. The lowest BCUT2D eigenvalue weighted by molar-refractivity contribution is 0.0940. The fraction of sp³-hybridized carbons (Fsp3) is 0.333. The van der Waals surface area contributed by atoms with Crippen LogP contribution in [-0.4, -0.2) is 16.9 Å². The summed E-state index contributed by atoms with van der Waals surface area (Å²) < 4.78 is 0. The van der Waals surface area contributed by atoms with Crippen LogP contribution in [0.4, 0.5) is 5.82 Å². The third kappa shape index (κ3) is 3.81. The van der Waals surface area contributed by atoms with Crippen molar-refractivity contribution in [3.63, 3.8) is 0 Å². The number of hydrogen-bond acceptors (Lipinski definition) is 4. The molecule has 0 aliphatic heterocycles. The molecule has 2 heterocycles. The molecule has 1 amide bonds. The number of thiophene rings is 1. The Hall–Kier alpha value is -1.88. The Morgan fingerprint density at radius 2 is 2.15 bits per heavy atom. The Kier molecular flexibility index (Phi) is 4.39. The van der Waals surface area contributed by atoms with Crippen LogP contribution in [0.15, 0.2) is 24.3 Å². The lowest BCUT2D eigenvalue weighted by atomic mass is 10.1. The Bertz CT molecular complexity index is 601. The Balaban J connectivity index is 2.00. The first-order valence-electron chi connectivity index (χ1n) is 6.54. The molecule has 106 valence electrons. The van der Waals surface area contributed by atoms with Gasteiger partial charge < -0.3 is 11.1 Å². The third-order valence-electron chi connectivity index (χ3n) is 2.92. The summed E-state index contributed by atoms with van der Waals surface area (Å²) in [6.07, 6.45) is 0.837. The molecule has 0 saturated carbocycles. The predicted octanol–water partition coefficient (Wildman–Crippen LogP) is 2.70. The van der Waals surface area contributed by atoms with Gasteiger partial charge >= 0.3 is 0 Å². The van der Waals surface area contributed by atoms with Gasteiger partial charge in [0.05, 0.1) is 0 Å². The molecule has 0 saturated heterocycles. The number of aryl methyl sites for hydroxylation is 2. The second kappa shape index (κ2) is 6.05. The first-order valence-corrected chi connectivity index (χ1v) is 7.36. The van der Waals surface area contributed by atoms with Gasteiger partial charge in [0.2, 0.25) is 0 Å². The van der Waals surface area contributed by atoms with E-state index >= 15 is 0 Å². The van der Waals surface area contributed by atoms with Crippen molar-refractivity contribution in [3.8, 4) is 0 Å². The molecule has 2 aromatic heterocycles. The van der Waals surface area contributed by atoms with Crippen molar-refractivity contribution >= 4 is 23.1 Å². The summed E-state index contributed by atoms with van der Waals surface area (Å²) in [7, 11) is 0. The molecule has 0 fully saturated rings. The number of anilines is 1. The van der Waals surface area contributed by atoms with Crippen molar-refractivity contribution in [1.29, 1.82) is 0 Å². The Morgan fingerprint density at radius 1 is 1.40 bits per heavy atom. The molecule has 4 nitrogen and oxygen atoms in total. The molecule has 1 unspecified atom stereocenters. The molecule has 2 aromatic rings. The maximum Gasteiger partial charge on any atom is 0.251 e. The van der Waals surface area contributed by atoms with Gasteiger partial charge in [-0.05, 0) is 45.0 Å². The zero-order chi connectivity index (χ0) is 14.7. The number of carbonyl (C=O) groups is 1. The molecule has 0 aliphatic rings. The predicted molar refractivity (Wildman–Crippen MR) is 83.1 cm³/mol.